The van der Waals surface area contributed by atoms with Gasteiger partial charge in [0.15, 0.2) is 5.92 Å². The summed E-state index contributed by atoms with van der Waals surface area (Å²) in [7, 11) is 0. The van der Waals surface area contributed by atoms with Gasteiger partial charge in [-0.15, -0.1) is 0 Å². The van der Waals surface area contributed by atoms with Crippen LogP contribution in [0.25, 0.3) is 0 Å². The van der Waals surface area contributed by atoms with Crippen LogP contribution in [0, 0.1) is 5.92 Å². The number of hydrogen-bond donors (Lipinski definition) is 2. The minimum absolute atomic E-state index is 0.104. The molecule has 0 spiro atoms. The molecule has 0 aliphatic heterocycles. The maximum atomic E-state index is 10.9. The van der Waals surface area contributed by atoms with E-state index in [4.69, 9.17) is 21.8 Å². The summed E-state index contributed by atoms with van der Waals surface area (Å²) in [6, 6.07) is 7.31. The van der Waals surface area contributed by atoms with Gasteiger partial charge in [-0.1, -0.05) is 29.8 Å². The van der Waals surface area contributed by atoms with Crippen LogP contribution in [0.5, 0.6) is 0 Å². The van der Waals surface area contributed by atoms with Crippen molar-refractivity contribution in [1.29, 1.82) is 0 Å². The highest BCUT2D eigenvalue weighted by atomic mass is 35.5. The predicted molar refractivity (Wildman–Crippen MR) is 75.2 cm³/mol. The molecule has 0 saturated heterocycles. The molecule has 0 fully saturated rings. The summed E-state index contributed by atoms with van der Waals surface area (Å²) in [6.07, 6.45) is 2.99. The van der Waals surface area contributed by atoms with E-state index in [9.17, 15) is 9.59 Å². The zero-order valence-electron chi connectivity index (χ0n) is 10.9. The molecule has 21 heavy (non-hydrogen) atoms. The van der Waals surface area contributed by atoms with Crippen molar-refractivity contribution in [3.05, 3.63) is 52.8 Å². The van der Waals surface area contributed by atoms with Crippen LogP contribution < -0.4 is 0 Å². The predicted octanol–water partition coefficient (Wildman–Crippen LogP) is 1.91. The zero-order chi connectivity index (χ0) is 15.4. The molecule has 2 rings (SSSR count). The Kier molecular flexibility index (Phi) is 4.59. The Morgan fingerprint density at radius 3 is 2.52 bits per heavy atom. The van der Waals surface area contributed by atoms with E-state index in [0.717, 1.165) is 5.56 Å². The highest BCUT2D eigenvalue weighted by Gasteiger charge is 2.26. The first-order valence-corrected chi connectivity index (χ1v) is 6.55. The lowest BCUT2D eigenvalue weighted by Gasteiger charge is -2.05. The maximum Gasteiger partial charge on any atom is 0.318 e. The number of aliphatic carboxylic acids is 2. The van der Waals surface area contributed by atoms with Crippen molar-refractivity contribution in [3.63, 3.8) is 0 Å². The van der Waals surface area contributed by atoms with Gasteiger partial charge in [-0.3, -0.25) is 14.3 Å². The molecule has 110 valence electrons. The lowest BCUT2D eigenvalue weighted by molar-refractivity contribution is -0.154. The number of benzene rings is 1. The molecule has 6 nitrogen and oxygen atoms in total. The third-order valence-corrected chi connectivity index (χ3v) is 3.38. The monoisotopic (exact) mass is 308 g/mol. The molecule has 0 aliphatic rings. The summed E-state index contributed by atoms with van der Waals surface area (Å²) >= 11 is 6.05. The third-order valence-electron chi connectivity index (χ3n) is 3.01. The first-order chi connectivity index (χ1) is 9.97. The van der Waals surface area contributed by atoms with Gasteiger partial charge in [0, 0.05) is 11.2 Å². The van der Waals surface area contributed by atoms with E-state index in [1.165, 1.54) is 6.20 Å². The average molecular weight is 309 g/mol. The van der Waals surface area contributed by atoms with Crippen molar-refractivity contribution in [2.75, 3.05) is 0 Å². The maximum absolute atomic E-state index is 10.9. The van der Waals surface area contributed by atoms with Crippen LogP contribution in [0.15, 0.2) is 36.7 Å². The summed E-state index contributed by atoms with van der Waals surface area (Å²) in [6.45, 7) is 0.435. The van der Waals surface area contributed by atoms with Gasteiger partial charge in [0.2, 0.25) is 0 Å². The molecule has 0 amide bonds. The molecule has 0 saturated carbocycles. The summed E-state index contributed by atoms with van der Waals surface area (Å²) in [5, 5.41) is 22.4. The topological polar surface area (TPSA) is 92.4 Å². The van der Waals surface area contributed by atoms with Crippen molar-refractivity contribution in [1.82, 2.24) is 9.78 Å². The van der Waals surface area contributed by atoms with Crippen LogP contribution in [-0.2, 0) is 22.6 Å². The summed E-state index contributed by atoms with van der Waals surface area (Å²) in [4.78, 5) is 21.7. The second kappa shape index (κ2) is 6.41. The number of nitrogens with zero attached hydrogens (tertiary/aromatic N) is 2. The molecule has 1 heterocycles. The Balaban J connectivity index is 2.10. The molecule has 1 aromatic heterocycles. The van der Waals surface area contributed by atoms with Crippen molar-refractivity contribution in [2.45, 2.75) is 13.0 Å². The number of carboxylic acid groups (broad SMARTS) is 2. The highest BCUT2D eigenvalue weighted by Crippen LogP contribution is 2.16. The van der Waals surface area contributed by atoms with Gasteiger partial charge in [-0.2, -0.15) is 5.10 Å². The van der Waals surface area contributed by atoms with Gasteiger partial charge in [0.25, 0.3) is 0 Å². The van der Waals surface area contributed by atoms with Crippen LogP contribution in [0.2, 0.25) is 5.02 Å². The fourth-order valence-corrected chi connectivity index (χ4v) is 2.11. The first kappa shape index (κ1) is 15.1. The van der Waals surface area contributed by atoms with Gasteiger partial charge < -0.3 is 10.2 Å². The molecule has 2 N–H and O–H groups in total. The molecule has 0 atom stereocenters. The minimum Gasteiger partial charge on any atom is -0.481 e. The second-order valence-corrected chi connectivity index (χ2v) is 4.98. The molecule has 0 radical (unpaired) electrons. The Hall–Kier alpha value is -2.34. The van der Waals surface area contributed by atoms with Crippen molar-refractivity contribution in [2.24, 2.45) is 5.92 Å². The van der Waals surface area contributed by atoms with Gasteiger partial charge >= 0.3 is 11.9 Å². The quantitative estimate of drug-likeness (QED) is 0.795. The lowest BCUT2D eigenvalue weighted by Crippen LogP contribution is -2.25. The van der Waals surface area contributed by atoms with Crippen LogP contribution in [0.3, 0.4) is 0 Å². The zero-order valence-corrected chi connectivity index (χ0v) is 11.7. The van der Waals surface area contributed by atoms with E-state index in [1.807, 2.05) is 18.2 Å². The molecular weight excluding hydrogens is 296 g/mol. The van der Waals surface area contributed by atoms with Crippen molar-refractivity contribution in [3.8, 4) is 0 Å². The fourth-order valence-electron chi connectivity index (χ4n) is 1.92. The minimum atomic E-state index is -1.47. The molecule has 0 bridgehead atoms. The molecule has 1 aromatic carbocycles. The summed E-state index contributed by atoms with van der Waals surface area (Å²) < 4.78 is 1.59. The van der Waals surface area contributed by atoms with E-state index >= 15 is 0 Å². The van der Waals surface area contributed by atoms with Crippen molar-refractivity contribution < 1.29 is 19.8 Å². The Morgan fingerprint density at radius 1 is 1.24 bits per heavy atom. The molecule has 2 aromatic rings. The Bertz CT molecular complexity index is 654. The Morgan fingerprint density at radius 2 is 1.90 bits per heavy atom. The first-order valence-electron chi connectivity index (χ1n) is 6.17. The average Bonchev–Trinajstić information content (AvgIpc) is 2.85. The molecule has 7 heteroatoms. The van der Waals surface area contributed by atoms with Gasteiger partial charge in [0.05, 0.1) is 12.7 Å². The van der Waals surface area contributed by atoms with Gasteiger partial charge in [-0.25, -0.2) is 0 Å². The van der Waals surface area contributed by atoms with Crippen LogP contribution >= 0.6 is 11.6 Å². The number of halogens is 1. The normalized spacial score (nSPS) is 10.8. The summed E-state index contributed by atoms with van der Waals surface area (Å²) in [5.41, 5.74) is 1.43. The van der Waals surface area contributed by atoms with Crippen LogP contribution in [-0.4, -0.2) is 31.9 Å². The third kappa shape index (κ3) is 3.82. The smallest absolute Gasteiger partial charge is 0.318 e. The lowest BCUT2D eigenvalue weighted by atomic mass is 10.0. The number of aromatic nitrogens is 2. The number of hydrogen-bond acceptors (Lipinski definition) is 3. The summed E-state index contributed by atoms with van der Waals surface area (Å²) in [5.74, 6) is -4.19. The number of carbonyl (C=O) groups is 2. The largest absolute Gasteiger partial charge is 0.481 e. The number of carboxylic acids is 2. The van der Waals surface area contributed by atoms with E-state index in [2.05, 4.69) is 5.10 Å². The van der Waals surface area contributed by atoms with Gasteiger partial charge in [-0.05, 0) is 23.6 Å². The number of rotatable bonds is 6. The van der Waals surface area contributed by atoms with Gasteiger partial charge in [0.1, 0.15) is 0 Å². The SMILES string of the molecule is O=C(O)C(Cc1cnn(Cc2ccccc2Cl)c1)C(=O)O. The van der Waals surface area contributed by atoms with E-state index in [0.29, 0.717) is 17.1 Å². The molecule has 0 aliphatic carbocycles. The van der Waals surface area contributed by atoms with Crippen molar-refractivity contribution >= 4 is 23.5 Å². The van der Waals surface area contributed by atoms with E-state index < -0.39 is 17.9 Å². The molecule has 0 unspecified atom stereocenters. The van der Waals surface area contributed by atoms with Crippen LogP contribution in [0.1, 0.15) is 11.1 Å². The second-order valence-electron chi connectivity index (χ2n) is 4.57. The molecular formula is C14H13ClN2O4. The fraction of sp³-hybridized carbons (Fsp3) is 0.214. The van der Waals surface area contributed by atoms with Crippen LogP contribution in [0.4, 0.5) is 0 Å². The van der Waals surface area contributed by atoms with E-state index in [1.54, 1.807) is 16.9 Å². The highest BCUT2D eigenvalue weighted by molar-refractivity contribution is 6.31. The standard InChI is InChI=1S/C14H13ClN2O4/c15-12-4-2-1-3-10(12)8-17-7-9(6-16-17)5-11(13(18)19)14(20)21/h1-4,6-7,11H,5,8H2,(H,18,19)(H,20,21). The van der Waals surface area contributed by atoms with E-state index in [-0.39, 0.29) is 6.42 Å². The Labute approximate surface area is 125 Å².